The van der Waals surface area contributed by atoms with Crippen LogP contribution in [0.1, 0.15) is 20.1 Å². The average Bonchev–Trinajstić information content (AvgIpc) is 2.85. The maximum absolute atomic E-state index is 11.2. The van der Waals surface area contributed by atoms with Gasteiger partial charge in [0.05, 0.1) is 12.0 Å². The SMILES string of the molecule is COC(=O)c1ccc(C#Cc2ccccc2)s1. The van der Waals surface area contributed by atoms with E-state index in [0.717, 1.165) is 10.4 Å². The van der Waals surface area contributed by atoms with Gasteiger partial charge in [-0.25, -0.2) is 4.79 Å². The van der Waals surface area contributed by atoms with Crippen molar-refractivity contribution in [3.63, 3.8) is 0 Å². The number of benzene rings is 1. The van der Waals surface area contributed by atoms with Crippen molar-refractivity contribution in [2.45, 2.75) is 0 Å². The maximum atomic E-state index is 11.2. The molecule has 0 fully saturated rings. The quantitative estimate of drug-likeness (QED) is 0.567. The van der Waals surface area contributed by atoms with Crippen molar-refractivity contribution >= 4 is 17.3 Å². The van der Waals surface area contributed by atoms with E-state index in [1.54, 1.807) is 6.07 Å². The largest absolute Gasteiger partial charge is 0.465 e. The average molecular weight is 242 g/mol. The minimum atomic E-state index is -0.317. The first-order chi connectivity index (χ1) is 8.29. The lowest BCUT2D eigenvalue weighted by Gasteiger charge is -1.90. The summed E-state index contributed by atoms with van der Waals surface area (Å²) in [5.41, 5.74) is 0.959. The highest BCUT2D eigenvalue weighted by molar-refractivity contribution is 7.14. The van der Waals surface area contributed by atoms with Crippen LogP contribution in [0.5, 0.6) is 0 Å². The Balaban J connectivity index is 2.18. The molecule has 0 aliphatic carbocycles. The third-order valence-electron chi connectivity index (χ3n) is 2.10. The second kappa shape index (κ2) is 5.33. The van der Waals surface area contributed by atoms with Crippen LogP contribution in [-0.2, 0) is 4.74 Å². The fraction of sp³-hybridized carbons (Fsp3) is 0.0714. The van der Waals surface area contributed by atoms with E-state index in [0.29, 0.717) is 4.88 Å². The number of carbonyl (C=O) groups is 1. The van der Waals surface area contributed by atoms with Crippen LogP contribution >= 0.6 is 11.3 Å². The Morgan fingerprint density at radius 2 is 1.88 bits per heavy atom. The molecule has 2 nitrogen and oxygen atoms in total. The van der Waals surface area contributed by atoms with Crippen molar-refractivity contribution in [2.24, 2.45) is 0 Å². The molecule has 2 aromatic rings. The lowest BCUT2D eigenvalue weighted by molar-refractivity contribution is 0.0606. The number of hydrogen-bond donors (Lipinski definition) is 0. The highest BCUT2D eigenvalue weighted by Crippen LogP contribution is 2.16. The van der Waals surface area contributed by atoms with E-state index < -0.39 is 0 Å². The highest BCUT2D eigenvalue weighted by atomic mass is 32.1. The fourth-order valence-corrected chi connectivity index (χ4v) is 2.05. The first-order valence-electron chi connectivity index (χ1n) is 5.05. The molecule has 0 radical (unpaired) electrons. The van der Waals surface area contributed by atoms with Crippen molar-refractivity contribution in [3.05, 3.63) is 57.8 Å². The molecule has 0 bridgehead atoms. The molecule has 1 aromatic heterocycles. The molecule has 3 heteroatoms. The second-order valence-corrected chi connectivity index (χ2v) is 4.36. The van der Waals surface area contributed by atoms with Crippen molar-refractivity contribution in [1.82, 2.24) is 0 Å². The van der Waals surface area contributed by atoms with Crippen LogP contribution in [-0.4, -0.2) is 13.1 Å². The summed E-state index contributed by atoms with van der Waals surface area (Å²) in [6, 6.07) is 13.3. The predicted octanol–water partition coefficient (Wildman–Crippen LogP) is 2.93. The smallest absolute Gasteiger partial charge is 0.348 e. The van der Waals surface area contributed by atoms with Gasteiger partial charge < -0.3 is 4.74 Å². The molecule has 0 aliphatic heterocycles. The summed E-state index contributed by atoms with van der Waals surface area (Å²) in [6.07, 6.45) is 0. The van der Waals surface area contributed by atoms with E-state index in [9.17, 15) is 4.79 Å². The Morgan fingerprint density at radius 3 is 2.59 bits per heavy atom. The monoisotopic (exact) mass is 242 g/mol. The molecule has 0 N–H and O–H groups in total. The molecular formula is C14H10O2S. The predicted molar refractivity (Wildman–Crippen MR) is 68.1 cm³/mol. The van der Waals surface area contributed by atoms with Crippen LogP contribution in [0.3, 0.4) is 0 Å². The van der Waals surface area contributed by atoms with E-state index >= 15 is 0 Å². The van der Waals surface area contributed by atoms with Gasteiger partial charge in [-0.05, 0) is 24.3 Å². The number of esters is 1. The van der Waals surface area contributed by atoms with Crippen LogP contribution < -0.4 is 0 Å². The lowest BCUT2D eigenvalue weighted by atomic mass is 10.2. The molecule has 1 heterocycles. The zero-order valence-electron chi connectivity index (χ0n) is 9.27. The zero-order valence-corrected chi connectivity index (χ0v) is 10.1. The summed E-state index contributed by atoms with van der Waals surface area (Å²) in [5.74, 6) is 5.74. The number of methoxy groups -OCH3 is 1. The molecule has 0 aliphatic rings. The van der Waals surface area contributed by atoms with Gasteiger partial charge in [-0.1, -0.05) is 30.0 Å². The van der Waals surface area contributed by atoms with Gasteiger partial charge in [0.1, 0.15) is 4.88 Å². The standard InChI is InChI=1S/C14H10O2S/c1-16-14(15)13-10-9-12(17-13)8-7-11-5-3-2-4-6-11/h2-6,9-10H,1H3. The molecule has 17 heavy (non-hydrogen) atoms. The minimum Gasteiger partial charge on any atom is -0.465 e. The van der Waals surface area contributed by atoms with Crippen molar-refractivity contribution in [3.8, 4) is 11.8 Å². The molecule has 0 atom stereocenters. The fourth-order valence-electron chi connectivity index (χ4n) is 1.27. The van der Waals surface area contributed by atoms with E-state index in [-0.39, 0.29) is 5.97 Å². The van der Waals surface area contributed by atoms with E-state index in [2.05, 4.69) is 16.6 Å². The van der Waals surface area contributed by atoms with Crippen molar-refractivity contribution < 1.29 is 9.53 Å². The van der Waals surface area contributed by atoms with Gasteiger partial charge in [0.15, 0.2) is 0 Å². The highest BCUT2D eigenvalue weighted by Gasteiger charge is 2.07. The summed E-state index contributed by atoms with van der Waals surface area (Å²) in [5, 5.41) is 0. The topological polar surface area (TPSA) is 26.3 Å². The van der Waals surface area contributed by atoms with Crippen LogP contribution in [0, 0.1) is 11.8 Å². The molecule has 0 unspecified atom stereocenters. The summed E-state index contributed by atoms with van der Waals surface area (Å²) < 4.78 is 4.64. The summed E-state index contributed by atoms with van der Waals surface area (Å²) in [4.78, 5) is 12.7. The number of thiophene rings is 1. The van der Waals surface area contributed by atoms with E-state index in [4.69, 9.17) is 0 Å². The maximum Gasteiger partial charge on any atom is 0.348 e. The van der Waals surface area contributed by atoms with Gasteiger partial charge in [0, 0.05) is 5.56 Å². The lowest BCUT2D eigenvalue weighted by Crippen LogP contribution is -1.96. The third-order valence-corrected chi connectivity index (χ3v) is 3.08. The van der Waals surface area contributed by atoms with E-state index in [1.165, 1.54) is 18.4 Å². The minimum absolute atomic E-state index is 0.317. The normalized spacial score (nSPS) is 9.24. The van der Waals surface area contributed by atoms with Gasteiger partial charge in [-0.2, -0.15) is 0 Å². The first-order valence-corrected chi connectivity index (χ1v) is 5.86. The number of carbonyl (C=O) groups excluding carboxylic acids is 1. The van der Waals surface area contributed by atoms with Gasteiger partial charge in [0.2, 0.25) is 0 Å². The number of hydrogen-bond acceptors (Lipinski definition) is 3. The molecule has 0 amide bonds. The Labute approximate surface area is 104 Å². The summed E-state index contributed by atoms with van der Waals surface area (Å²) in [6.45, 7) is 0. The van der Waals surface area contributed by atoms with Gasteiger partial charge in [-0.3, -0.25) is 0 Å². The Kier molecular flexibility index (Phi) is 3.59. The van der Waals surface area contributed by atoms with Crippen molar-refractivity contribution in [2.75, 3.05) is 7.11 Å². The van der Waals surface area contributed by atoms with Gasteiger partial charge >= 0.3 is 5.97 Å². The first kappa shape index (κ1) is 11.4. The summed E-state index contributed by atoms with van der Waals surface area (Å²) in [7, 11) is 1.37. The Hall–Kier alpha value is -2.05. The van der Waals surface area contributed by atoms with Crippen LogP contribution in [0.25, 0.3) is 0 Å². The molecule has 0 saturated heterocycles. The Bertz CT molecular complexity index is 573. The summed E-state index contributed by atoms with van der Waals surface area (Å²) >= 11 is 1.34. The zero-order chi connectivity index (χ0) is 12.1. The van der Waals surface area contributed by atoms with Crippen molar-refractivity contribution in [1.29, 1.82) is 0 Å². The molecular weight excluding hydrogens is 232 g/mol. The Morgan fingerprint density at radius 1 is 1.12 bits per heavy atom. The van der Waals surface area contributed by atoms with Gasteiger partial charge in [0.25, 0.3) is 0 Å². The number of ether oxygens (including phenoxy) is 1. The molecule has 2 rings (SSSR count). The van der Waals surface area contributed by atoms with E-state index in [1.807, 2.05) is 36.4 Å². The van der Waals surface area contributed by atoms with Crippen LogP contribution in [0.2, 0.25) is 0 Å². The third kappa shape index (κ3) is 2.96. The second-order valence-electron chi connectivity index (χ2n) is 3.27. The molecule has 84 valence electrons. The molecule has 0 spiro atoms. The molecule has 0 saturated carbocycles. The molecule has 1 aromatic carbocycles. The van der Waals surface area contributed by atoms with Gasteiger partial charge in [-0.15, -0.1) is 11.3 Å². The number of rotatable bonds is 1. The van der Waals surface area contributed by atoms with Crippen LogP contribution in [0.4, 0.5) is 0 Å². The van der Waals surface area contributed by atoms with Crippen LogP contribution in [0.15, 0.2) is 42.5 Å².